The van der Waals surface area contributed by atoms with Gasteiger partial charge in [0.25, 0.3) is 5.65 Å². The van der Waals surface area contributed by atoms with Gasteiger partial charge in [0.05, 0.1) is 17.8 Å². The monoisotopic (exact) mass is 537 g/mol. The quantitative estimate of drug-likeness (QED) is 0.242. The molecule has 0 aliphatic carbocycles. The highest BCUT2D eigenvalue weighted by atomic mass is 19.1. The minimum absolute atomic E-state index is 0.0681. The van der Waals surface area contributed by atoms with E-state index in [1.165, 1.54) is 51.8 Å². The van der Waals surface area contributed by atoms with Crippen LogP contribution in [0.4, 0.5) is 13.2 Å². The fraction of sp³-hybridized carbons (Fsp3) is 0.0333. The molecule has 6 aromatic rings. The number of nitrogens with zero attached hydrogens (tertiary/aromatic N) is 5. The summed E-state index contributed by atoms with van der Waals surface area (Å²) in [4.78, 5) is 25.2. The molecular weight excluding hydrogens is 519 g/mol. The van der Waals surface area contributed by atoms with Crippen molar-refractivity contribution < 1.29 is 22.8 Å². The minimum atomic E-state index is -0.687. The lowest BCUT2D eigenvalue weighted by Crippen LogP contribution is -2.44. The number of benzene rings is 1. The number of hydrogen-bond acceptors (Lipinski definition) is 5. The topological polar surface area (TPSA) is 87.1 Å². The molecular formula is C30H18F3N5O2. The number of pyridine rings is 4. The third kappa shape index (κ3) is 4.66. The van der Waals surface area contributed by atoms with Gasteiger partial charge < -0.3 is 5.11 Å². The van der Waals surface area contributed by atoms with E-state index < -0.39 is 29.2 Å². The summed E-state index contributed by atoms with van der Waals surface area (Å²) >= 11 is 0. The Morgan fingerprint density at radius 1 is 0.750 bits per heavy atom. The highest BCUT2D eigenvalue weighted by Crippen LogP contribution is 2.29. The van der Waals surface area contributed by atoms with Gasteiger partial charge in [-0.25, -0.2) is 23.7 Å². The van der Waals surface area contributed by atoms with Crippen LogP contribution in [0.3, 0.4) is 0 Å². The van der Waals surface area contributed by atoms with E-state index in [-0.39, 0.29) is 17.7 Å². The van der Waals surface area contributed by atoms with E-state index in [2.05, 4.69) is 15.0 Å². The molecule has 6 rings (SSSR count). The van der Waals surface area contributed by atoms with Crippen LogP contribution in [-0.4, -0.2) is 19.4 Å². The third-order valence-corrected chi connectivity index (χ3v) is 6.44. The van der Waals surface area contributed by atoms with E-state index in [1.807, 2.05) is 0 Å². The zero-order valence-electron chi connectivity index (χ0n) is 20.6. The molecule has 5 aromatic heterocycles. The van der Waals surface area contributed by atoms with Gasteiger partial charge in [-0.1, -0.05) is 12.1 Å². The molecule has 0 unspecified atom stereocenters. The molecule has 196 valence electrons. The lowest BCUT2D eigenvalue weighted by Gasteiger charge is -2.18. The number of fused-ring (bicyclic) bond motifs is 1. The first-order valence-corrected chi connectivity index (χ1v) is 12.1. The van der Waals surface area contributed by atoms with Crippen molar-refractivity contribution in [1.82, 2.24) is 19.4 Å². The second-order valence-corrected chi connectivity index (χ2v) is 9.02. The lowest BCUT2D eigenvalue weighted by atomic mass is 10.0. The number of halogens is 3. The molecule has 10 heteroatoms. The fourth-order valence-electron chi connectivity index (χ4n) is 4.52. The molecule has 0 atom stereocenters. The van der Waals surface area contributed by atoms with Gasteiger partial charge in [-0.05, 0) is 65.7 Å². The Morgan fingerprint density at radius 3 is 2.15 bits per heavy atom. The van der Waals surface area contributed by atoms with Crippen LogP contribution in [0, 0.1) is 17.7 Å². The standard InChI is InChI=1S/C30H18F3N5O2/c31-23-12-21(19-5-8-25(32)35-15-19)11-22(13-23)28-29(39)37-10-2-1-3-27(37)38(30(28)40)17-18-4-7-24(34-14-18)20-6-9-26(33)36-16-20/h1-16H,17H2. The Kier molecular flexibility index (Phi) is 6.27. The minimum Gasteiger partial charge on any atom is -0.842 e. The van der Waals surface area contributed by atoms with Crippen molar-refractivity contribution in [2.45, 2.75) is 6.54 Å². The van der Waals surface area contributed by atoms with Crippen molar-refractivity contribution in [3.8, 4) is 39.4 Å². The Bertz CT molecular complexity index is 1920. The highest BCUT2D eigenvalue weighted by molar-refractivity contribution is 5.74. The molecule has 0 aliphatic rings. The SMILES string of the molecule is O=c1c(-c2cc(F)cc(-c3ccc(F)nc3)c2)c([O-])[n+](Cc2ccc(-c3ccc(F)nc3)nc2)c2ccccn12. The molecule has 5 heterocycles. The van der Waals surface area contributed by atoms with Crippen molar-refractivity contribution in [1.29, 1.82) is 0 Å². The average molecular weight is 538 g/mol. The highest BCUT2D eigenvalue weighted by Gasteiger charge is 2.21. The molecule has 0 amide bonds. The maximum absolute atomic E-state index is 14.8. The Hall–Kier alpha value is -5.38. The molecule has 0 N–H and O–H groups in total. The molecule has 0 radical (unpaired) electrons. The lowest BCUT2D eigenvalue weighted by molar-refractivity contribution is -0.708. The van der Waals surface area contributed by atoms with E-state index in [4.69, 9.17) is 0 Å². The van der Waals surface area contributed by atoms with Crippen molar-refractivity contribution in [3.05, 3.63) is 131 Å². The zero-order valence-corrected chi connectivity index (χ0v) is 20.6. The van der Waals surface area contributed by atoms with Crippen molar-refractivity contribution in [2.75, 3.05) is 0 Å². The summed E-state index contributed by atoms with van der Waals surface area (Å²) < 4.78 is 44.0. The summed E-state index contributed by atoms with van der Waals surface area (Å²) in [6.45, 7) is 0.0681. The molecule has 40 heavy (non-hydrogen) atoms. The van der Waals surface area contributed by atoms with Gasteiger partial charge in [0, 0.05) is 41.3 Å². The Morgan fingerprint density at radius 2 is 1.48 bits per heavy atom. The van der Waals surface area contributed by atoms with Crippen molar-refractivity contribution in [3.63, 3.8) is 0 Å². The summed E-state index contributed by atoms with van der Waals surface area (Å²) in [5.74, 6) is -2.57. The van der Waals surface area contributed by atoms with Gasteiger partial charge >= 0.3 is 5.56 Å². The first-order valence-electron chi connectivity index (χ1n) is 12.1. The van der Waals surface area contributed by atoms with Gasteiger partial charge in [0.1, 0.15) is 17.9 Å². The molecule has 0 saturated carbocycles. The van der Waals surface area contributed by atoms with Crippen LogP contribution in [0.2, 0.25) is 0 Å². The van der Waals surface area contributed by atoms with Crippen LogP contribution in [0.1, 0.15) is 5.56 Å². The first kappa shape index (κ1) is 24.9. The second kappa shape index (κ2) is 10.1. The largest absolute Gasteiger partial charge is 0.842 e. The molecule has 0 spiro atoms. The number of aromatic nitrogens is 5. The van der Waals surface area contributed by atoms with Gasteiger partial charge in [-0.15, -0.1) is 0 Å². The average Bonchev–Trinajstić information content (AvgIpc) is 2.96. The van der Waals surface area contributed by atoms with E-state index in [0.29, 0.717) is 33.6 Å². The predicted molar refractivity (Wildman–Crippen MR) is 138 cm³/mol. The fourth-order valence-corrected chi connectivity index (χ4v) is 4.52. The van der Waals surface area contributed by atoms with Crippen LogP contribution in [0.5, 0.6) is 5.88 Å². The van der Waals surface area contributed by atoms with Crippen molar-refractivity contribution >= 4 is 5.65 Å². The molecule has 0 saturated heterocycles. The van der Waals surface area contributed by atoms with Crippen LogP contribution in [-0.2, 0) is 6.54 Å². The first-order chi connectivity index (χ1) is 19.4. The second-order valence-electron chi connectivity index (χ2n) is 9.02. The maximum Gasteiger partial charge on any atom is 0.349 e. The zero-order chi connectivity index (χ0) is 27.8. The molecule has 0 fully saturated rings. The van der Waals surface area contributed by atoms with Crippen LogP contribution < -0.4 is 15.2 Å². The predicted octanol–water partition coefficient (Wildman–Crippen LogP) is 4.31. The molecule has 0 bridgehead atoms. The van der Waals surface area contributed by atoms with E-state index in [0.717, 1.165) is 12.1 Å². The Labute approximate surface area is 225 Å². The summed E-state index contributed by atoms with van der Waals surface area (Å²) in [5, 5.41) is 13.8. The van der Waals surface area contributed by atoms with Gasteiger partial charge in [0.15, 0.2) is 0 Å². The van der Waals surface area contributed by atoms with E-state index >= 15 is 0 Å². The number of hydrogen-bond donors (Lipinski definition) is 0. The molecule has 7 nitrogen and oxygen atoms in total. The van der Waals surface area contributed by atoms with Crippen molar-refractivity contribution in [2.24, 2.45) is 0 Å². The smallest absolute Gasteiger partial charge is 0.349 e. The maximum atomic E-state index is 14.8. The molecule has 0 aliphatic heterocycles. The Balaban J connectivity index is 1.46. The summed E-state index contributed by atoms with van der Waals surface area (Å²) in [6.07, 6.45) is 5.74. The van der Waals surface area contributed by atoms with Gasteiger partial charge in [-0.3, -0.25) is 4.98 Å². The summed E-state index contributed by atoms with van der Waals surface area (Å²) in [5.41, 5.74) is 2.21. The van der Waals surface area contributed by atoms with E-state index in [9.17, 15) is 23.1 Å². The van der Waals surface area contributed by atoms with Crippen LogP contribution in [0.15, 0.2) is 102 Å². The molecule has 1 aromatic carbocycles. The summed E-state index contributed by atoms with van der Waals surface area (Å²) in [7, 11) is 0. The number of rotatable bonds is 5. The summed E-state index contributed by atoms with van der Waals surface area (Å²) in [6, 6.07) is 17.7. The normalized spacial score (nSPS) is 11.2. The van der Waals surface area contributed by atoms with Crippen LogP contribution >= 0.6 is 0 Å². The van der Waals surface area contributed by atoms with E-state index in [1.54, 1.807) is 42.6 Å². The van der Waals surface area contributed by atoms with Crippen LogP contribution in [0.25, 0.3) is 39.2 Å². The third-order valence-electron chi connectivity index (χ3n) is 6.44. The van der Waals surface area contributed by atoms with Gasteiger partial charge in [0.2, 0.25) is 11.9 Å². The van der Waals surface area contributed by atoms with Gasteiger partial charge in [-0.2, -0.15) is 13.2 Å².